The topological polar surface area (TPSA) is 37.3 Å². The highest BCUT2D eigenvalue weighted by Gasteiger charge is 2.55. The molecule has 0 aromatic rings. The molecule has 3 fully saturated rings. The van der Waals surface area contributed by atoms with Gasteiger partial charge in [-0.25, -0.2) is 0 Å². The molecule has 0 bridgehead atoms. The average Bonchev–Trinajstić information content (AvgIpc) is 2.74. The Morgan fingerprint density at radius 3 is 2.80 bits per heavy atom. The van der Waals surface area contributed by atoms with E-state index in [0.29, 0.717) is 11.7 Å². The number of rotatable bonds is 0. The number of carbonyl (C=O) groups is 1. The van der Waals surface area contributed by atoms with Crippen LogP contribution in [-0.2, 0) is 4.79 Å². The normalized spacial score (nSPS) is 51.0. The second kappa shape index (κ2) is 4.43. The zero-order valence-electron chi connectivity index (χ0n) is 12.5. The summed E-state index contributed by atoms with van der Waals surface area (Å²) >= 11 is 0. The molecule has 0 heterocycles. The zero-order chi connectivity index (χ0) is 13.9. The summed E-state index contributed by atoms with van der Waals surface area (Å²) in [5.41, 5.74) is 1.65. The molecule has 0 spiro atoms. The lowest BCUT2D eigenvalue weighted by Gasteiger charge is -2.53. The van der Waals surface area contributed by atoms with Crippen molar-refractivity contribution in [2.24, 2.45) is 29.1 Å². The zero-order valence-corrected chi connectivity index (χ0v) is 12.5. The third-order valence-electron chi connectivity index (χ3n) is 7.25. The highest BCUT2D eigenvalue weighted by molar-refractivity contribution is 5.91. The van der Waals surface area contributed by atoms with Crippen molar-refractivity contribution in [2.75, 3.05) is 0 Å². The number of aliphatic hydroxyl groups excluding tert-OH is 1. The molecule has 4 aliphatic carbocycles. The Morgan fingerprint density at radius 1 is 1.10 bits per heavy atom. The van der Waals surface area contributed by atoms with Crippen LogP contribution in [0, 0.1) is 29.1 Å². The maximum Gasteiger partial charge on any atom is 0.155 e. The van der Waals surface area contributed by atoms with Crippen molar-refractivity contribution in [3.63, 3.8) is 0 Å². The minimum Gasteiger partial charge on any atom is -0.393 e. The molecule has 0 aromatic heterocycles. The predicted octanol–water partition coefficient (Wildman–Crippen LogP) is 3.49. The lowest BCUT2D eigenvalue weighted by molar-refractivity contribution is -0.116. The van der Waals surface area contributed by atoms with Gasteiger partial charge in [-0.2, -0.15) is 0 Å². The minimum absolute atomic E-state index is 0.0710. The van der Waals surface area contributed by atoms with E-state index in [-0.39, 0.29) is 11.5 Å². The molecule has 2 heteroatoms. The molecule has 3 saturated carbocycles. The van der Waals surface area contributed by atoms with Crippen LogP contribution in [0.5, 0.6) is 0 Å². The van der Waals surface area contributed by atoms with Crippen LogP contribution in [0.1, 0.15) is 58.3 Å². The van der Waals surface area contributed by atoms with Gasteiger partial charge in [-0.05, 0) is 80.1 Å². The monoisotopic (exact) mass is 274 g/mol. The lowest BCUT2D eigenvalue weighted by Crippen LogP contribution is -2.47. The number of aliphatic hydroxyl groups is 1. The van der Waals surface area contributed by atoms with Gasteiger partial charge in [0.1, 0.15) is 0 Å². The molecule has 0 aromatic carbocycles. The van der Waals surface area contributed by atoms with Gasteiger partial charge in [-0.3, -0.25) is 4.79 Å². The smallest absolute Gasteiger partial charge is 0.155 e. The summed E-state index contributed by atoms with van der Waals surface area (Å²) in [5, 5.41) is 10.4. The molecular weight excluding hydrogens is 248 g/mol. The SMILES string of the molecule is C[C@]12CC[C@@H]3C4CCC(=O)C=C4CC[C@H]3[C@@H]1CC[C@@H]2O. The van der Waals surface area contributed by atoms with E-state index in [1.165, 1.54) is 31.3 Å². The fourth-order valence-electron chi connectivity index (χ4n) is 6.15. The lowest BCUT2D eigenvalue weighted by atomic mass is 9.52. The van der Waals surface area contributed by atoms with Gasteiger partial charge in [0.2, 0.25) is 0 Å². The molecule has 2 nitrogen and oxygen atoms in total. The molecule has 20 heavy (non-hydrogen) atoms. The molecule has 1 unspecified atom stereocenters. The molecule has 0 radical (unpaired) electrons. The molecule has 0 saturated heterocycles. The van der Waals surface area contributed by atoms with E-state index < -0.39 is 0 Å². The maximum atomic E-state index is 11.6. The van der Waals surface area contributed by atoms with Crippen molar-refractivity contribution in [3.8, 4) is 0 Å². The fraction of sp³-hybridized carbons (Fsp3) is 0.833. The Labute approximate surface area is 121 Å². The van der Waals surface area contributed by atoms with Crippen LogP contribution in [0.2, 0.25) is 0 Å². The van der Waals surface area contributed by atoms with E-state index >= 15 is 0 Å². The van der Waals surface area contributed by atoms with Gasteiger partial charge in [0.05, 0.1) is 6.10 Å². The second-order valence-corrected chi connectivity index (χ2v) is 7.94. The van der Waals surface area contributed by atoms with Crippen LogP contribution in [-0.4, -0.2) is 17.0 Å². The van der Waals surface area contributed by atoms with Gasteiger partial charge in [0.25, 0.3) is 0 Å². The third-order valence-corrected chi connectivity index (χ3v) is 7.25. The summed E-state index contributed by atoms with van der Waals surface area (Å²) < 4.78 is 0. The van der Waals surface area contributed by atoms with E-state index in [2.05, 4.69) is 6.92 Å². The quantitative estimate of drug-likeness (QED) is 0.734. The van der Waals surface area contributed by atoms with Crippen LogP contribution in [0.25, 0.3) is 0 Å². The van der Waals surface area contributed by atoms with Gasteiger partial charge in [0.15, 0.2) is 5.78 Å². The molecule has 6 atom stereocenters. The Balaban J connectivity index is 1.63. The van der Waals surface area contributed by atoms with Crippen LogP contribution in [0.3, 0.4) is 0 Å². The standard InChI is InChI=1S/C18H26O2/c1-18-9-8-14-13-5-3-12(19)10-11(13)2-4-15(14)16(18)6-7-17(18)20/h10,13-17,20H,2-9H2,1H3/t13?,14-,15-,16+,17+,18+/m1/s1. The maximum absolute atomic E-state index is 11.6. The molecule has 4 aliphatic rings. The molecule has 0 aliphatic heterocycles. The first kappa shape index (κ1) is 13.1. The van der Waals surface area contributed by atoms with Gasteiger partial charge < -0.3 is 5.11 Å². The van der Waals surface area contributed by atoms with Crippen molar-refractivity contribution in [1.29, 1.82) is 0 Å². The summed E-state index contributed by atoms with van der Waals surface area (Å²) in [6, 6.07) is 0. The number of carbonyl (C=O) groups excluding carboxylic acids is 1. The van der Waals surface area contributed by atoms with Gasteiger partial charge >= 0.3 is 0 Å². The fourth-order valence-corrected chi connectivity index (χ4v) is 6.15. The summed E-state index contributed by atoms with van der Waals surface area (Å²) in [7, 11) is 0. The van der Waals surface area contributed by atoms with E-state index in [1.807, 2.05) is 6.08 Å². The Kier molecular flexibility index (Phi) is 2.89. The van der Waals surface area contributed by atoms with E-state index in [9.17, 15) is 9.90 Å². The van der Waals surface area contributed by atoms with Crippen molar-refractivity contribution in [2.45, 2.75) is 64.4 Å². The van der Waals surface area contributed by atoms with E-state index in [1.54, 1.807) is 0 Å². The number of allylic oxidation sites excluding steroid dienone is 1. The number of fused-ring (bicyclic) bond motifs is 5. The second-order valence-electron chi connectivity index (χ2n) is 7.94. The summed E-state index contributed by atoms with van der Waals surface area (Å²) in [5.74, 6) is 3.38. The Morgan fingerprint density at radius 2 is 1.95 bits per heavy atom. The van der Waals surface area contributed by atoms with E-state index in [4.69, 9.17) is 0 Å². The first-order valence-electron chi connectivity index (χ1n) is 8.51. The molecule has 4 rings (SSSR count). The first-order valence-corrected chi connectivity index (χ1v) is 8.51. The summed E-state index contributed by atoms with van der Waals surface area (Å²) in [6.45, 7) is 2.33. The molecular formula is C18H26O2. The number of ketones is 1. The molecule has 110 valence electrons. The van der Waals surface area contributed by atoms with Crippen molar-refractivity contribution < 1.29 is 9.90 Å². The van der Waals surface area contributed by atoms with Gasteiger partial charge in [-0.15, -0.1) is 0 Å². The Bertz CT molecular complexity index is 466. The van der Waals surface area contributed by atoms with Crippen molar-refractivity contribution >= 4 is 5.78 Å². The van der Waals surface area contributed by atoms with Crippen LogP contribution >= 0.6 is 0 Å². The number of hydrogen-bond donors (Lipinski definition) is 1. The third kappa shape index (κ3) is 1.70. The predicted molar refractivity (Wildman–Crippen MR) is 78.1 cm³/mol. The van der Waals surface area contributed by atoms with Crippen molar-refractivity contribution in [1.82, 2.24) is 0 Å². The molecule has 0 amide bonds. The van der Waals surface area contributed by atoms with Crippen LogP contribution in [0.15, 0.2) is 11.6 Å². The summed E-state index contributed by atoms with van der Waals surface area (Å²) in [4.78, 5) is 11.6. The first-order chi connectivity index (χ1) is 9.59. The van der Waals surface area contributed by atoms with Crippen LogP contribution in [0.4, 0.5) is 0 Å². The highest BCUT2D eigenvalue weighted by Crippen LogP contribution is 2.61. The van der Waals surface area contributed by atoms with Gasteiger partial charge in [0, 0.05) is 6.42 Å². The highest BCUT2D eigenvalue weighted by atomic mass is 16.3. The molecule has 1 N–H and O–H groups in total. The van der Waals surface area contributed by atoms with Crippen LogP contribution < -0.4 is 0 Å². The average molecular weight is 274 g/mol. The minimum atomic E-state index is -0.0710. The van der Waals surface area contributed by atoms with Crippen molar-refractivity contribution in [3.05, 3.63) is 11.6 Å². The number of hydrogen-bond acceptors (Lipinski definition) is 2. The Hall–Kier alpha value is -0.630. The van der Waals surface area contributed by atoms with Gasteiger partial charge in [-0.1, -0.05) is 12.5 Å². The summed E-state index contributed by atoms with van der Waals surface area (Å²) in [6.07, 6.45) is 10.9. The van der Waals surface area contributed by atoms with E-state index in [0.717, 1.165) is 43.4 Å². The largest absolute Gasteiger partial charge is 0.393 e.